The quantitative estimate of drug-likeness (QED) is 0.418. The molecule has 0 saturated carbocycles. The number of nitrogens with one attached hydrogen (secondary N) is 1. The second-order valence-corrected chi connectivity index (χ2v) is 4.43. The van der Waals surface area contributed by atoms with Gasteiger partial charge in [0, 0.05) is 11.3 Å². The Kier molecular flexibility index (Phi) is 4.80. The van der Waals surface area contributed by atoms with Gasteiger partial charge in [-0.15, -0.1) is 0 Å². The van der Waals surface area contributed by atoms with Crippen LogP contribution in [0.25, 0.3) is 10.4 Å². The summed E-state index contributed by atoms with van der Waals surface area (Å²) >= 11 is 0. The van der Waals surface area contributed by atoms with Crippen molar-refractivity contribution in [2.75, 3.05) is 13.2 Å². The number of azide groups is 1. The Hall–Kier alpha value is -2.80. The van der Waals surface area contributed by atoms with Crippen molar-refractivity contribution in [3.8, 4) is 11.8 Å². The fourth-order valence-electron chi connectivity index (χ4n) is 2.13. The van der Waals surface area contributed by atoms with E-state index in [1.54, 1.807) is 6.07 Å². The molecule has 11 nitrogen and oxygen atoms in total. The Balaban J connectivity index is 2.33. The fraction of sp³-hybridized carbons (Fsp3) is 0.545. The van der Waals surface area contributed by atoms with E-state index >= 15 is 0 Å². The van der Waals surface area contributed by atoms with Gasteiger partial charge in [0.2, 0.25) is 5.75 Å². The lowest BCUT2D eigenvalue weighted by atomic mass is 10.1. The fourth-order valence-corrected chi connectivity index (χ4v) is 2.13. The Morgan fingerprint density at radius 3 is 3.09 bits per heavy atom. The number of hydrogen-bond acceptors (Lipinski definition) is 7. The molecule has 0 aromatic carbocycles. The number of nitrogens with zero attached hydrogens (tertiary/aromatic N) is 5. The molecule has 116 valence electrons. The first-order valence-corrected chi connectivity index (χ1v) is 6.26. The molecule has 3 unspecified atom stereocenters. The van der Waals surface area contributed by atoms with Gasteiger partial charge in [0.1, 0.15) is 12.3 Å². The summed E-state index contributed by atoms with van der Waals surface area (Å²) in [7, 11) is 0. The van der Waals surface area contributed by atoms with Gasteiger partial charge in [-0.2, -0.15) is 5.26 Å². The number of ether oxygens (including phenoxy) is 2. The molecule has 1 aliphatic rings. The minimum atomic E-state index is -0.832. The maximum absolute atomic E-state index is 11.9. The Labute approximate surface area is 123 Å². The van der Waals surface area contributed by atoms with Crippen LogP contribution in [-0.2, 0) is 4.74 Å². The standard InChI is InChI=1S/C11H12N6O5/c12-1-2-21-7-4-17(11(20)14-10(7)19)9-3-6(15-16-13)8(5-18)22-9/h4,6,8-9,18H,2-3,5H2,(H,14,19,20). The van der Waals surface area contributed by atoms with Gasteiger partial charge >= 0.3 is 5.69 Å². The Morgan fingerprint density at radius 1 is 1.68 bits per heavy atom. The molecule has 1 aromatic heterocycles. The van der Waals surface area contributed by atoms with Gasteiger partial charge in [0.25, 0.3) is 5.56 Å². The van der Waals surface area contributed by atoms with Crippen LogP contribution in [0.2, 0.25) is 0 Å². The average molecular weight is 308 g/mol. The maximum atomic E-state index is 11.9. The first kappa shape index (κ1) is 15.6. The van der Waals surface area contributed by atoms with Crippen LogP contribution in [-0.4, -0.2) is 40.0 Å². The second kappa shape index (κ2) is 6.77. The first-order valence-electron chi connectivity index (χ1n) is 6.26. The smallest absolute Gasteiger partial charge is 0.330 e. The Morgan fingerprint density at radius 2 is 2.45 bits per heavy atom. The number of hydrogen-bond donors (Lipinski definition) is 2. The maximum Gasteiger partial charge on any atom is 0.330 e. The van der Waals surface area contributed by atoms with Crippen molar-refractivity contribution in [3.05, 3.63) is 37.5 Å². The van der Waals surface area contributed by atoms with Crippen molar-refractivity contribution in [3.63, 3.8) is 0 Å². The monoisotopic (exact) mass is 308 g/mol. The van der Waals surface area contributed by atoms with Crippen molar-refractivity contribution in [2.45, 2.75) is 24.8 Å². The summed E-state index contributed by atoms with van der Waals surface area (Å²) in [5.41, 5.74) is 6.98. The van der Waals surface area contributed by atoms with Gasteiger partial charge in [-0.05, 0) is 5.53 Å². The molecule has 1 fully saturated rings. The number of nitriles is 1. The van der Waals surface area contributed by atoms with Crippen LogP contribution >= 0.6 is 0 Å². The molecular weight excluding hydrogens is 296 g/mol. The highest BCUT2D eigenvalue weighted by molar-refractivity contribution is 5.13. The Bertz CT molecular complexity index is 743. The molecule has 2 rings (SSSR count). The molecule has 0 bridgehead atoms. The third-order valence-electron chi connectivity index (χ3n) is 3.12. The highest BCUT2D eigenvalue weighted by atomic mass is 16.5. The van der Waals surface area contributed by atoms with E-state index in [0.717, 1.165) is 10.8 Å². The molecule has 0 amide bonds. The number of H-pyrrole nitrogens is 1. The molecule has 22 heavy (non-hydrogen) atoms. The molecule has 2 N–H and O–H groups in total. The summed E-state index contributed by atoms with van der Waals surface area (Å²) in [5, 5.41) is 21.2. The van der Waals surface area contributed by atoms with Gasteiger partial charge in [-0.3, -0.25) is 14.3 Å². The van der Waals surface area contributed by atoms with Crippen molar-refractivity contribution in [1.29, 1.82) is 5.26 Å². The van der Waals surface area contributed by atoms with Crippen molar-refractivity contribution in [1.82, 2.24) is 9.55 Å². The number of aliphatic hydroxyl groups excluding tert-OH is 1. The summed E-state index contributed by atoms with van der Waals surface area (Å²) in [6.45, 7) is -0.733. The number of aromatic amines is 1. The topological polar surface area (TPSA) is 166 Å². The predicted molar refractivity (Wildman–Crippen MR) is 71.0 cm³/mol. The van der Waals surface area contributed by atoms with Crippen LogP contribution < -0.4 is 16.0 Å². The minimum absolute atomic E-state index is 0.152. The molecule has 1 aliphatic heterocycles. The number of aliphatic hydroxyl groups is 1. The third-order valence-corrected chi connectivity index (χ3v) is 3.12. The summed E-state index contributed by atoms with van der Waals surface area (Å²) < 4.78 is 11.4. The molecule has 1 saturated heterocycles. The van der Waals surface area contributed by atoms with Crippen LogP contribution in [0.4, 0.5) is 0 Å². The molecule has 0 radical (unpaired) electrons. The SMILES string of the molecule is N#CCOc1cn(C2CC(N=[N+]=[N-])C(CO)O2)c(=O)[nH]c1=O. The van der Waals surface area contributed by atoms with Gasteiger partial charge in [0.05, 0.1) is 24.9 Å². The highest BCUT2D eigenvalue weighted by Gasteiger charge is 2.36. The lowest BCUT2D eigenvalue weighted by Gasteiger charge is -2.15. The van der Waals surface area contributed by atoms with Crippen LogP contribution in [0.15, 0.2) is 20.9 Å². The zero-order valence-electron chi connectivity index (χ0n) is 11.2. The average Bonchev–Trinajstić information content (AvgIpc) is 2.89. The van der Waals surface area contributed by atoms with Crippen LogP contribution in [0.5, 0.6) is 5.75 Å². The van der Waals surface area contributed by atoms with Crippen LogP contribution in [0.1, 0.15) is 12.6 Å². The highest BCUT2D eigenvalue weighted by Crippen LogP contribution is 2.30. The van der Waals surface area contributed by atoms with E-state index in [4.69, 9.17) is 20.3 Å². The number of aromatic nitrogens is 2. The molecule has 11 heteroatoms. The van der Waals surface area contributed by atoms with Gasteiger partial charge in [-0.1, -0.05) is 5.11 Å². The van der Waals surface area contributed by atoms with Gasteiger partial charge < -0.3 is 14.6 Å². The second-order valence-electron chi connectivity index (χ2n) is 4.43. The lowest BCUT2D eigenvalue weighted by molar-refractivity contribution is -0.0273. The van der Waals surface area contributed by atoms with E-state index in [2.05, 4.69) is 10.0 Å². The summed E-state index contributed by atoms with van der Waals surface area (Å²) in [6.07, 6.45) is -0.306. The van der Waals surface area contributed by atoms with E-state index in [0.29, 0.717) is 0 Å². The van der Waals surface area contributed by atoms with E-state index in [1.807, 2.05) is 4.98 Å². The van der Waals surface area contributed by atoms with Crippen LogP contribution in [0.3, 0.4) is 0 Å². The zero-order valence-corrected chi connectivity index (χ0v) is 11.2. The lowest BCUT2D eigenvalue weighted by Crippen LogP contribution is -2.33. The first-order chi connectivity index (χ1) is 10.6. The summed E-state index contributed by atoms with van der Waals surface area (Å²) in [4.78, 5) is 28.1. The van der Waals surface area contributed by atoms with E-state index in [1.165, 1.54) is 0 Å². The minimum Gasteiger partial charge on any atom is -0.471 e. The van der Waals surface area contributed by atoms with Gasteiger partial charge in [-0.25, -0.2) is 4.79 Å². The summed E-state index contributed by atoms with van der Waals surface area (Å²) in [6, 6.07) is 1.07. The molecule has 0 aliphatic carbocycles. The predicted octanol–water partition coefficient (Wildman–Crippen LogP) is -0.602. The normalized spacial score (nSPS) is 23.5. The third kappa shape index (κ3) is 3.09. The van der Waals surface area contributed by atoms with Crippen molar-refractivity contribution >= 4 is 0 Å². The largest absolute Gasteiger partial charge is 0.471 e. The number of rotatable bonds is 5. The summed E-state index contributed by atoms with van der Waals surface area (Å²) in [5.74, 6) is -0.211. The molecule has 3 atom stereocenters. The van der Waals surface area contributed by atoms with E-state index in [-0.39, 0.29) is 25.4 Å². The van der Waals surface area contributed by atoms with Crippen molar-refractivity contribution in [2.24, 2.45) is 5.11 Å². The van der Waals surface area contributed by atoms with Crippen molar-refractivity contribution < 1.29 is 14.6 Å². The molecule has 0 spiro atoms. The van der Waals surface area contributed by atoms with Crippen LogP contribution in [0, 0.1) is 11.3 Å². The zero-order chi connectivity index (χ0) is 16.1. The molecule has 1 aromatic rings. The molecular formula is C11H12N6O5. The molecule has 2 heterocycles. The van der Waals surface area contributed by atoms with E-state index < -0.39 is 29.6 Å². The van der Waals surface area contributed by atoms with E-state index in [9.17, 15) is 14.7 Å². The van der Waals surface area contributed by atoms with Gasteiger partial charge in [0.15, 0.2) is 6.61 Å².